The quantitative estimate of drug-likeness (QED) is 0.709. The molecule has 1 saturated heterocycles. The molecular weight excluding hydrogens is 206 g/mol. The van der Waals surface area contributed by atoms with E-state index in [4.69, 9.17) is 5.11 Å². The van der Waals surface area contributed by atoms with Crippen LogP contribution in [0.15, 0.2) is 0 Å². The molecule has 2 nitrogen and oxygen atoms in total. The second-order valence-electron chi connectivity index (χ2n) is 5.45. The van der Waals surface area contributed by atoms with Gasteiger partial charge in [0.05, 0.1) is 0 Å². The van der Waals surface area contributed by atoms with Crippen LogP contribution in [-0.4, -0.2) is 41.5 Å². The zero-order valence-corrected chi connectivity index (χ0v) is 11.0. The zero-order chi connectivity index (χ0) is 11.3. The van der Waals surface area contributed by atoms with Crippen molar-refractivity contribution < 1.29 is 5.11 Å². The van der Waals surface area contributed by atoms with Crippen molar-refractivity contribution in [2.24, 2.45) is 5.41 Å². The van der Waals surface area contributed by atoms with Gasteiger partial charge in [0.2, 0.25) is 0 Å². The Kier molecular flexibility index (Phi) is 5.44. The van der Waals surface area contributed by atoms with E-state index in [2.05, 4.69) is 31.4 Å². The van der Waals surface area contributed by atoms with Crippen LogP contribution >= 0.6 is 12.6 Å². The molecule has 0 amide bonds. The molecule has 0 aromatic carbocycles. The van der Waals surface area contributed by atoms with Crippen molar-refractivity contribution in [2.45, 2.75) is 45.6 Å². The number of thiol groups is 1. The van der Waals surface area contributed by atoms with Gasteiger partial charge in [-0.05, 0) is 37.0 Å². The molecule has 0 saturated carbocycles. The van der Waals surface area contributed by atoms with E-state index in [9.17, 15) is 0 Å². The Morgan fingerprint density at radius 3 is 2.73 bits per heavy atom. The summed E-state index contributed by atoms with van der Waals surface area (Å²) in [4.78, 5) is 2.55. The monoisotopic (exact) mass is 231 g/mol. The summed E-state index contributed by atoms with van der Waals surface area (Å²) in [5.41, 5.74) is 0.286. The van der Waals surface area contributed by atoms with Crippen molar-refractivity contribution in [2.75, 3.05) is 25.4 Å². The fourth-order valence-electron chi connectivity index (χ4n) is 2.34. The lowest BCUT2D eigenvalue weighted by Gasteiger charge is -2.40. The Balaban J connectivity index is 2.48. The largest absolute Gasteiger partial charge is 0.396 e. The second kappa shape index (κ2) is 6.12. The van der Waals surface area contributed by atoms with E-state index in [0.717, 1.165) is 18.7 Å². The number of piperidine rings is 1. The molecule has 1 fully saturated rings. The van der Waals surface area contributed by atoms with Crippen LogP contribution < -0.4 is 0 Å². The minimum Gasteiger partial charge on any atom is -0.396 e. The molecule has 0 aromatic heterocycles. The number of nitrogens with zero attached hydrogens (tertiary/aromatic N) is 1. The van der Waals surface area contributed by atoms with Gasteiger partial charge in [0, 0.05) is 19.2 Å². The van der Waals surface area contributed by atoms with Gasteiger partial charge in [-0.3, -0.25) is 4.90 Å². The molecule has 0 radical (unpaired) electrons. The third kappa shape index (κ3) is 4.33. The highest BCUT2D eigenvalue weighted by Gasteiger charge is 2.27. The lowest BCUT2D eigenvalue weighted by molar-refractivity contribution is 0.0860. The van der Waals surface area contributed by atoms with E-state index in [1.165, 1.54) is 25.8 Å². The van der Waals surface area contributed by atoms with Crippen LogP contribution in [0.2, 0.25) is 0 Å². The first-order valence-electron chi connectivity index (χ1n) is 6.05. The lowest BCUT2D eigenvalue weighted by atomic mass is 9.91. The summed E-state index contributed by atoms with van der Waals surface area (Å²) in [6.07, 6.45) is 4.82. The van der Waals surface area contributed by atoms with Crippen LogP contribution in [0.1, 0.15) is 39.5 Å². The third-order valence-electron chi connectivity index (χ3n) is 3.27. The van der Waals surface area contributed by atoms with Gasteiger partial charge in [-0.1, -0.05) is 20.3 Å². The van der Waals surface area contributed by atoms with E-state index in [1.54, 1.807) is 0 Å². The van der Waals surface area contributed by atoms with Crippen LogP contribution in [0.3, 0.4) is 0 Å². The van der Waals surface area contributed by atoms with Crippen LogP contribution in [0.4, 0.5) is 0 Å². The number of aliphatic hydroxyl groups is 1. The summed E-state index contributed by atoms with van der Waals surface area (Å²) in [6.45, 7) is 7.17. The SMILES string of the molecule is CC(C)(CS)CN1CCCCC1CCO. The highest BCUT2D eigenvalue weighted by molar-refractivity contribution is 7.80. The molecule has 0 bridgehead atoms. The summed E-state index contributed by atoms with van der Waals surface area (Å²) in [5, 5.41) is 9.05. The number of hydrogen-bond acceptors (Lipinski definition) is 3. The normalized spacial score (nSPS) is 24.4. The molecule has 0 spiro atoms. The fourth-order valence-corrected chi connectivity index (χ4v) is 2.44. The van der Waals surface area contributed by atoms with Gasteiger partial charge in [0.25, 0.3) is 0 Å². The maximum absolute atomic E-state index is 9.05. The maximum Gasteiger partial charge on any atom is 0.0445 e. The Hall–Kier alpha value is 0.270. The van der Waals surface area contributed by atoms with Crippen molar-refractivity contribution in [3.05, 3.63) is 0 Å². The van der Waals surface area contributed by atoms with Crippen LogP contribution in [0, 0.1) is 5.41 Å². The van der Waals surface area contributed by atoms with Crippen LogP contribution in [0.5, 0.6) is 0 Å². The molecule has 1 atom stereocenters. The Labute approximate surface area is 99.5 Å². The average Bonchev–Trinajstić information content (AvgIpc) is 2.21. The summed E-state index contributed by atoms with van der Waals surface area (Å²) < 4.78 is 0. The maximum atomic E-state index is 9.05. The number of hydrogen-bond donors (Lipinski definition) is 2. The van der Waals surface area contributed by atoms with Crippen LogP contribution in [0.25, 0.3) is 0 Å². The minimum absolute atomic E-state index is 0.286. The van der Waals surface area contributed by atoms with Gasteiger partial charge in [0.1, 0.15) is 0 Å². The Bertz CT molecular complexity index is 182. The number of aliphatic hydroxyl groups excluding tert-OH is 1. The predicted octanol–water partition coefficient (Wildman–Crippen LogP) is 2.18. The molecule has 1 aliphatic heterocycles. The summed E-state index contributed by atoms with van der Waals surface area (Å²) >= 11 is 4.41. The molecule has 1 unspecified atom stereocenters. The van der Waals surface area contributed by atoms with Crippen LogP contribution in [-0.2, 0) is 0 Å². The molecule has 1 aliphatic rings. The molecule has 90 valence electrons. The Morgan fingerprint density at radius 1 is 1.40 bits per heavy atom. The van der Waals surface area contributed by atoms with Crippen molar-refractivity contribution in [1.29, 1.82) is 0 Å². The standard InChI is InChI=1S/C12H25NOS/c1-12(2,10-15)9-13-7-4-3-5-11(13)6-8-14/h11,14-15H,3-10H2,1-2H3. The average molecular weight is 231 g/mol. The fraction of sp³-hybridized carbons (Fsp3) is 1.00. The molecule has 0 aliphatic carbocycles. The van der Waals surface area contributed by atoms with Gasteiger partial charge >= 0.3 is 0 Å². The topological polar surface area (TPSA) is 23.5 Å². The molecule has 3 heteroatoms. The molecule has 1 N–H and O–H groups in total. The predicted molar refractivity (Wildman–Crippen MR) is 68.5 cm³/mol. The third-order valence-corrected chi connectivity index (χ3v) is 4.13. The highest BCUT2D eigenvalue weighted by atomic mass is 32.1. The first kappa shape index (κ1) is 13.3. The molecular formula is C12H25NOS. The molecule has 1 heterocycles. The van der Waals surface area contributed by atoms with Crippen molar-refractivity contribution in [1.82, 2.24) is 4.90 Å². The summed E-state index contributed by atoms with van der Waals surface area (Å²) in [6, 6.07) is 0.600. The van der Waals surface area contributed by atoms with Gasteiger partial charge in [-0.25, -0.2) is 0 Å². The van der Waals surface area contributed by atoms with E-state index in [-0.39, 0.29) is 5.41 Å². The smallest absolute Gasteiger partial charge is 0.0445 e. The van der Waals surface area contributed by atoms with E-state index < -0.39 is 0 Å². The molecule has 1 rings (SSSR count). The minimum atomic E-state index is 0.286. The molecule has 15 heavy (non-hydrogen) atoms. The number of likely N-dealkylation sites (tertiary alicyclic amines) is 1. The van der Waals surface area contributed by atoms with E-state index >= 15 is 0 Å². The summed E-state index contributed by atoms with van der Waals surface area (Å²) in [7, 11) is 0. The Morgan fingerprint density at radius 2 is 2.13 bits per heavy atom. The van der Waals surface area contributed by atoms with Gasteiger partial charge < -0.3 is 5.11 Å². The van der Waals surface area contributed by atoms with E-state index in [1.807, 2.05) is 0 Å². The number of rotatable bonds is 5. The zero-order valence-electron chi connectivity index (χ0n) is 10.1. The van der Waals surface area contributed by atoms with Gasteiger partial charge in [0.15, 0.2) is 0 Å². The van der Waals surface area contributed by atoms with Crippen molar-refractivity contribution >= 4 is 12.6 Å². The first-order valence-corrected chi connectivity index (χ1v) is 6.68. The first-order chi connectivity index (χ1) is 7.09. The lowest BCUT2D eigenvalue weighted by Crippen LogP contribution is -2.45. The highest BCUT2D eigenvalue weighted by Crippen LogP contribution is 2.25. The van der Waals surface area contributed by atoms with Crippen molar-refractivity contribution in [3.8, 4) is 0 Å². The second-order valence-corrected chi connectivity index (χ2v) is 5.77. The molecule has 0 aromatic rings. The van der Waals surface area contributed by atoms with Gasteiger partial charge in [-0.15, -0.1) is 0 Å². The van der Waals surface area contributed by atoms with E-state index in [0.29, 0.717) is 12.6 Å². The summed E-state index contributed by atoms with van der Waals surface area (Å²) in [5.74, 6) is 0.926. The van der Waals surface area contributed by atoms with Gasteiger partial charge in [-0.2, -0.15) is 12.6 Å². The van der Waals surface area contributed by atoms with Crippen molar-refractivity contribution in [3.63, 3.8) is 0 Å².